The fourth-order valence-electron chi connectivity index (χ4n) is 3.36. The summed E-state index contributed by atoms with van der Waals surface area (Å²) in [7, 11) is 0. The average molecular weight is 432 g/mol. The molecule has 0 saturated carbocycles. The maximum Gasteiger partial charge on any atom is 0.196 e. The summed E-state index contributed by atoms with van der Waals surface area (Å²) in [5.74, 6) is 2.37. The van der Waals surface area contributed by atoms with Crippen LogP contribution < -0.4 is 0 Å². The third-order valence-corrected chi connectivity index (χ3v) is 5.96. The van der Waals surface area contributed by atoms with Crippen molar-refractivity contribution < 1.29 is 0 Å². The molecule has 148 valence electrons. The number of H-pyrrole nitrogens is 1. The summed E-state index contributed by atoms with van der Waals surface area (Å²) in [5, 5.41) is 10.5. The van der Waals surface area contributed by atoms with Crippen molar-refractivity contribution in [3.63, 3.8) is 0 Å². The van der Waals surface area contributed by atoms with E-state index in [1.54, 1.807) is 11.8 Å². The molecular formula is C23H18ClN5S. The van der Waals surface area contributed by atoms with E-state index in [0.29, 0.717) is 10.8 Å². The summed E-state index contributed by atoms with van der Waals surface area (Å²) in [4.78, 5) is 8.04. The SMILES string of the molecule is Cc1cccc(-c2nnc(SCc3nc4ccccc4[nH]3)n2-c2ccc(Cl)cc2)c1. The Morgan fingerprint density at radius 3 is 2.60 bits per heavy atom. The van der Waals surface area contributed by atoms with Crippen LogP contribution in [0.25, 0.3) is 28.1 Å². The Bertz CT molecular complexity index is 1290. The number of imidazole rings is 1. The number of halogens is 1. The van der Waals surface area contributed by atoms with Crippen LogP contribution in [-0.2, 0) is 5.75 Å². The highest BCUT2D eigenvalue weighted by Gasteiger charge is 2.17. The highest BCUT2D eigenvalue weighted by molar-refractivity contribution is 7.98. The Balaban J connectivity index is 1.53. The van der Waals surface area contributed by atoms with Crippen molar-refractivity contribution >= 4 is 34.4 Å². The minimum Gasteiger partial charge on any atom is -0.341 e. The third-order valence-electron chi connectivity index (χ3n) is 4.77. The van der Waals surface area contributed by atoms with Gasteiger partial charge in [0.15, 0.2) is 11.0 Å². The van der Waals surface area contributed by atoms with Gasteiger partial charge < -0.3 is 4.98 Å². The number of thioether (sulfide) groups is 1. The van der Waals surface area contributed by atoms with Gasteiger partial charge in [0, 0.05) is 16.3 Å². The van der Waals surface area contributed by atoms with Crippen molar-refractivity contribution in [3.05, 3.63) is 89.2 Å². The minimum atomic E-state index is 0.661. The zero-order valence-electron chi connectivity index (χ0n) is 16.2. The van der Waals surface area contributed by atoms with Gasteiger partial charge in [-0.2, -0.15) is 0 Å². The summed E-state index contributed by atoms with van der Waals surface area (Å²) in [6.45, 7) is 2.07. The molecule has 0 unspecified atom stereocenters. The first-order valence-corrected chi connectivity index (χ1v) is 10.9. The van der Waals surface area contributed by atoms with Crippen LogP contribution in [0.4, 0.5) is 0 Å². The molecule has 1 N–H and O–H groups in total. The van der Waals surface area contributed by atoms with E-state index in [4.69, 9.17) is 11.6 Å². The van der Waals surface area contributed by atoms with Gasteiger partial charge in [-0.15, -0.1) is 10.2 Å². The van der Waals surface area contributed by atoms with Gasteiger partial charge in [0.1, 0.15) is 5.82 Å². The lowest BCUT2D eigenvalue weighted by Crippen LogP contribution is -2.00. The van der Waals surface area contributed by atoms with E-state index in [0.717, 1.165) is 39.1 Å². The second-order valence-electron chi connectivity index (χ2n) is 6.98. The Labute approximate surface area is 183 Å². The maximum absolute atomic E-state index is 6.11. The average Bonchev–Trinajstić information content (AvgIpc) is 3.36. The summed E-state index contributed by atoms with van der Waals surface area (Å²) in [5.41, 5.74) is 5.16. The first-order chi connectivity index (χ1) is 14.7. The van der Waals surface area contributed by atoms with E-state index in [-0.39, 0.29) is 0 Å². The quantitative estimate of drug-likeness (QED) is 0.343. The molecule has 2 heterocycles. The monoisotopic (exact) mass is 431 g/mol. The van der Waals surface area contributed by atoms with E-state index in [2.05, 4.69) is 49.9 Å². The predicted octanol–water partition coefficient (Wildman–Crippen LogP) is 6.06. The van der Waals surface area contributed by atoms with Crippen LogP contribution in [0.3, 0.4) is 0 Å². The molecule has 0 amide bonds. The molecule has 0 saturated heterocycles. The molecule has 0 atom stereocenters. The number of nitrogens with zero attached hydrogens (tertiary/aromatic N) is 4. The fraction of sp³-hybridized carbons (Fsp3) is 0.0870. The molecule has 5 nitrogen and oxygen atoms in total. The molecule has 0 spiro atoms. The number of benzene rings is 3. The van der Waals surface area contributed by atoms with Crippen molar-refractivity contribution in [2.75, 3.05) is 0 Å². The van der Waals surface area contributed by atoms with Gasteiger partial charge in [0.2, 0.25) is 0 Å². The predicted molar refractivity (Wildman–Crippen MR) is 122 cm³/mol. The van der Waals surface area contributed by atoms with Crippen LogP contribution in [0.15, 0.2) is 78.0 Å². The van der Waals surface area contributed by atoms with Gasteiger partial charge in [-0.1, -0.05) is 59.3 Å². The molecule has 0 radical (unpaired) electrons. The molecule has 2 aromatic heterocycles. The van der Waals surface area contributed by atoms with Crippen molar-refractivity contribution in [1.82, 2.24) is 24.7 Å². The lowest BCUT2D eigenvalue weighted by atomic mass is 10.1. The second-order valence-corrected chi connectivity index (χ2v) is 8.36. The van der Waals surface area contributed by atoms with Gasteiger partial charge in [0.25, 0.3) is 0 Å². The highest BCUT2D eigenvalue weighted by atomic mass is 35.5. The molecule has 5 aromatic rings. The second kappa shape index (κ2) is 7.97. The van der Waals surface area contributed by atoms with Crippen LogP contribution in [-0.4, -0.2) is 24.7 Å². The number of aromatic amines is 1. The van der Waals surface area contributed by atoms with E-state index in [1.807, 2.05) is 54.6 Å². The molecule has 0 aliphatic rings. The number of para-hydroxylation sites is 2. The Kier molecular flexibility index (Phi) is 5.02. The number of rotatable bonds is 5. The molecular weight excluding hydrogens is 414 g/mol. The first-order valence-electron chi connectivity index (χ1n) is 9.52. The normalized spacial score (nSPS) is 11.3. The van der Waals surface area contributed by atoms with E-state index in [9.17, 15) is 0 Å². The van der Waals surface area contributed by atoms with Gasteiger partial charge in [-0.3, -0.25) is 4.57 Å². The summed E-state index contributed by atoms with van der Waals surface area (Å²) < 4.78 is 2.07. The molecule has 0 fully saturated rings. The van der Waals surface area contributed by atoms with Crippen molar-refractivity contribution in [2.45, 2.75) is 17.8 Å². The van der Waals surface area contributed by atoms with Crippen LogP contribution in [0.2, 0.25) is 5.02 Å². The van der Waals surface area contributed by atoms with Crippen LogP contribution in [0.5, 0.6) is 0 Å². The van der Waals surface area contributed by atoms with Crippen LogP contribution >= 0.6 is 23.4 Å². The zero-order chi connectivity index (χ0) is 20.5. The van der Waals surface area contributed by atoms with E-state index < -0.39 is 0 Å². The largest absolute Gasteiger partial charge is 0.341 e. The number of nitrogens with one attached hydrogen (secondary N) is 1. The number of hydrogen-bond donors (Lipinski definition) is 1. The summed E-state index contributed by atoms with van der Waals surface area (Å²) in [6, 6.07) is 24.0. The number of aromatic nitrogens is 5. The summed E-state index contributed by atoms with van der Waals surface area (Å²) >= 11 is 7.71. The topological polar surface area (TPSA) is 59.4 Å². The van der Waals surface area contributed by atoms with Gasteiger partial charge in [-0.05, 0) is 49.4 Å². The zero-order valence-corrected chi connectivity index (χ0v) is 17.8. The van der Waals surface area contributed by atoms with Crippen LogP contribution in [0.1, 0.15) is 11.4 Å². The van der Waals surface area contributed by atoms with Gasteiger partial charge in [0.05, 0.1) is 16.8 Å². The Hall–Kier alpha value is -3.09. The Morgan fingerprint density at radius 2 is 1.80 bits per heavy atom. The molecule has 0 aliphatic carbocycles. The van der Waals surface area contributed by atoms with Gasteiger partial charge in [-0.25, -0.2) is 4.98 Å². The molecule has 5 rings (SSSR count). The number of hydrogen-bond acceptors (Lipinski definition) is 4. The fourth-order valence-corrected chi connectivity index (χ4v) is 4.31. The number of fused-ring (bicyclic) bond motifs is 1. The lowest BCUT2D eigenvalue weighted by Gasteiger charge is -2.10. The number of aryl methyl sites for hydroxylation is 1. The third kappa shape index (κ3) is 3.72. The standard InChI is InChI=1S/C23H18ClN5S/c1-15-5-4-6-16(13-15)22-27-28-23(29(22)18-11-9-17(24)10-12-18)30-14-21-25-19-7-2-3-8-20(19)26-21/h2-13H,14H2,1H3,(H,25,26). The van der Waals surface area contributed by atoms with E-state index >= 15 is 0 Å². The minimum absolute atomic E-state index is 0.661. The van der Waals surface area contributed by atoms with Crippen molar-refractivity contribution in [3.8, 4) is 17.1 Å². The van der Waals surface area contributed by atoms with Crippen LogP contribution in [0, 0.1) is 6.92 Å². The van der Waals surface area contributed by atoms with Gasteiger partial charge >= 0.3 is 0 Å². The maximum atomic E-state index is 6.11. The molecule has 0 aliphatic heterocycles. The lowest BCUT2D eigenvalue weighted by molar-refractivity contribution is 0.884. The van der Waals surface area contributed by atoms with Crippen molar-refractivity contribution in [2.24, 2.45) is 0 Å². The smallest absolute Gasteiger partial charge is 0.196 e. The van der Waals surface area contributed by atoms with Crippen molar-refractivity contribution in [1.29, 1.82) is 0 Å². The highest BCUT2D eigenvalue weighted by Crippen LogP contribution is 2.30. The molecule has 30 heavy (non-hydrogen) atoms. The molecule has 7 heteroatoms. The Morgan fingerprint density at radius 1 is 0.967 bits per heavy atom. The first kappa shape index (κ1) is 18.9. The van der Waals surface area contributed by atoms with E-state index in [1.165, 1.54) is 5.56 Å². The molecule has 0 bridgehead atoms. The molecule has 3 aromatic carbocycles. The summed E-state index contributed by atoms with van der Waals surface area (Å²) in [6.07, 6.45) is 0.